The maximum atomic E-state index is 12.0. The molecule has 2 amide bonds. The summed E-state index contributed by atoms with van der Waals surface area (Å²) in [5.41, 5.74) is 0.384. The first-order valence-electron chi connectivity index (χ1n) is 7.23. The lowest BCUT2D eigenvalue weighted by Crippen LogP contribution is -2.44. The Bertz CT molecular complexity index is 514. The first-order chi connectivity index (χ1) is 10.8. The predicted octanol–water partition coefficient (Wildman–Crippen LogP) is 2.24. The lowest BCUT2D eigenvalue weighted by molar-refractivity contribution is -0.154. The molecule has 2 rings (SSSR count). The van der Waals surface area contributed by atoms with E-state index in [2.05, 4.69) is 25.3 Å². The molecular weight excluding hydrogens is 313 g/mol. The maximum Gasteiger partial charge on any atom is 0.422 e. The second-order valence-corrected chi connectivity index (χ2v) is 5.46. The Morgan fingerprint density at radius 2 is 2.09 bits per heavy atom. The van der Waals surface area contributed by atoms with E-state index in [4.69, 9.17) is 0 Å². The molecule has 128 valence electrons. The first-order valence-corrected chi connectivity index (χ1v) is 7.23. The summed E-state index contributed by atoms with van der Waals surface area (Å²) in [5, 5.41) is 5.46. The van der Waals surface area contributed by atoms with Crippen LogP contribution in [0.3, 0.4) is 0 Å². The van der Waals surface area contributed by atoms with Gasteiger partial charge in [-0.1, -0.05) is 0 Å². The molecule has 2 heterocycles. The number of amides is 2. The molecule has 1 aliphatic heterocycles. The maximum absolute atomic E-state index is 12.0. The molecule has 6 nitrogen and oxygen atoms in total. The zero-order valence-electron chi connectivity index (χ0n) is 12.7. The number of aromatic nitrogens is 1. The highest BCUT2D eigenvalue weighted by atomic mass is 19.4. The number of likely N-dealkylation sites (tertiary alicyclic amines) is 1. The van der Waals surface area contributed by atoms with E-state index in [1.807, 2.05) is 7.05 Å². The van der Waals surface area contributed by atoms with E-state index in [9.17, 15) is 18.0 Å². The van der Waals surface area contributed by atoms with Gasteiger partial charge in [-0.05, 0) is 39.0 Å². The van der Waals surface area contributed by atoms with E-state index in [0.717, 1.165) is 25.9 Å². The van der Waals surface area contributed by atoms with Gasteiger partial charge in [0.25, 0.3) is 0 Å². The smallest absolute Gasteiger partial charge is 0.422 e. The fourth-order valence-corrected chi connectivity index (χ4v) is 2.20. The van der Waals surface area contributed by atoms with Gasteiger partial charge in [0.15, 0.2) is 6.61 Å². The number of rotatable bonds is 4. The van der Waals surface area contributed by atoms with Gasteiger partial charge in [0.1, 0.15) is 0 Å². The molecule has 0 atom stereocenters. The molecule has 0 aromatic carbocycles. The normalized spacial score (nSPS) is 16.9. The van der Waals surface area contributed by atoms with Gasteiger partial charge in [0.2, 0.25) is 5.88 Å². The third kappa shape index (κ3) is 6.31. The first kappa shape index (κ1) is 17.3. The summed E-state index contributed by atoms with van der Waals surface area (Å²) in [5.74, 6) is -0.149. The third-order valence-electron chi connectivity index (χ3n) is 3.43. The molecule has 0 unspecified atom stereocenters. The number of urea groups is 1. The average Bonchev–Trinajstić information content (AvgIpc) is 2.48. The van der Waals surface area contributed by atoms with Crippen LogP contribution in [-0.2, 0) is 0 Å². The number of carbonyl (C=O) groups is 1. The molecule has 9 heteroatoms. The lowest BCUT2D eigenvalue weighted by Gasteiger charge is -2.29. The number of hydrogen-bond donors (Lipinski definition) is 2. The minimum absolute atomic E-state index is 0.119. The highest BCUT2D eigenvalue weighted by molar-refractivity contribution is 5.89. The number of halogens is 3. The van der Waals surface area contributed by atoms with E-state index < -0.39 is 12.8 Å². The van der Waals surface area contributed by atoms with Crippen LogP contribution in [0.2, 0.25) is 0 Å². The number of pyridine rings is 1. The Balaban J connectivity index is 1.77. The predicted molar refractivity (Wildman–Crippen MR) is 78.5 cm³/mol. The number of alkyl halides is 3. The second kappa shape index (κ2) is 7.49. The SMILES string of the molecule is CN1CCC(NC(=O)Nc2ccc(OCC(F)(F)F)nc2)CC1. The van der Waals surface area contributed by atoms with Crippen LogP contribution in [0.4, 0.5) is 23.7 Å². The fraction of sp³-hybridized carbons (Fsp3) is 0.571. The minimum atomic E-state index is -4.41. The van der Waals surface area contributed by atoms with Crippen molar-refractivity contribution in [2.75, 3.05) is 32.1 Å². The van der Waals surface area contributed by atoms with E-state index in [-0.39, 0.29) is 18.0 Å². The molecule has 1 aromatic heterocycles. The van der Waals surface area contributed by atoms with Crippen molar-refractivity contribution in [2.24, 2.45) is 0 Å². The number of anilines is 1. The Morgan fingerprint density at radius 3 is 2.65 bits per heavy atom. The summed E-state index contributed by atoms with van der Waals surface area (Å²) < 4.78 is 40.5. The number of hydrogen-bond acceptors (Lipinski definition) is 4. The van der Waals surface area contributed by atoms with Crippen LogP contribution >= 0.6 is 0 Å². The molecule has 1 aliphatic rings. The van der Waals surface area contributed by atoms with E-state index >= 15 is 0 Å². The molecule has 0 saturated carbocycles. The van der Waals surface area contributed by atoms with Gasteiger partial charge < -0.3 is 20.3 Å². The Labute approximate surface area is 132 Å². The summed E-state index contributed by atoms with van der Waals surface area (Å²) in [6, 6.07) is 2.47. The summed E-state index contributed by atoms with van der Waals surface area (Å²) in [7, 11) is 2.03. The largest absolute Gasteiger partial charge is 0.468 e. The highest BCUT2D eigenvalue weighted by Crippen LogP contribution is 2.18. The zero-order valence-corrected chi connectivity index (χ0v) is 12.7. The Hall–Kier alpha value is -2.03. The summed E-state index contributed by atoms with van der Waals surface area (Å²) in [6.45, 7) is 0.457. The van der Waals surface area contributed by atoms with Crippen LogP contribution in [0.15, 0.2) is 18.3 Å². The fourth-order valence-electron chi connectivity index (χ4n) is 2.20. The van der Waals surface area contributed by atoms with Crippen molar-refractivity contribution < 1.29 is 22.7 Å². The standard InChI is InChI=1S/C14H19F3N4O2/c1-21-6-4-10(5-7-21)19-13(22)20-11-2-3-12(18-8-11)23-9-14(15,16)17/h2-3,8,10H,4-7,9H2,1H3,(H2,19,20,22). The Morgan fingerprint density at radius 1 is 1.39 bits per heavy atom. The topological polar surface area (TPSA) is 66.5 Å². The summed E-state index contributed by atoms with van der Waals surface area (Å²) in [4.78, 5) is 17.8. The van der Waals surface area contributed by atoms with Gasteiger partial charge in [-0.2, -0.15) is 13.2 Å². The van der Waals surface area contributed by atoms with Crippen molar-refractivity contribution >= 4 is 11.7 Å². The minimum Gasteiger partial charge on any atom is -0.468 e. The number of nitrogens with one attached hydrogen (secondary N) is 2. The van der Waals surface area contributed by atoms with Crippen LogP contribution in [0.5, 0.6) is 5.88 Å². The molecule has 1 fully saturated rings. The van der Waals surface area contributed by atoms with Crippen LogP contribution in [0, 0.1) is 0 Å². The van der Waals surface area contributed by atoms with Gasteiger partial charge in [-0.3, -0.25) is 0 Å². The van der Waals surface area contributed by atoms with E-state index in [1.54, 1.807) is 0 Å². The van der Waals surface area contributed by atoms with Crippen molar-refractivity contribution in [2.45, 2.75) is 25.1 Å². The Kier molecular flexibility index (Phi) is 5.64. The monoisotopic (exact) mass is 332 g/mol. The van der Waals surface area contributed by atoms with Crippen molar-refractivity contribution in [1.82, 2.24) is 15.2 Å². The van der Waals surface area contributed by atoms with E-state index in [1.165, 1.54) is 18.3 Å². The number of ether oxygens (including phenoxy) is 1. The molecule has 2 N–H and O–H groups in total. The van der Waals surface area contributed by atoms with Gasteiger partial charge >= 0.3 is 12.2 Å². The van der Waals surface area contributed by atoms with Crippen LogP contribution in [0.1, 0.15) is 12.8 Å². The quantitative estimate of drug-likeness (QED) is 0.887. The van der Waals surface area contributed by atoms with Crippen LogP contribution < -0.4 is 15.4 Å². The van der Waals surface area contributed by atoms with E-state index in [0.29, 0.717) is 5.69 Å². The molecule has 0 aliphatic carbocycles. The number of nitrogens with zero attached hydrogens (tertiary/aromatic N) is 2. The van der Waals surface area contributed by atoms with Crippen molar-refractivity contribution in [3.05, 3.63) is 18.3 Å². The van der Waals surface area contributed by atoms with Crippen LogP contribution in [-0.4, -0.2) is 54.9 Å². The molecule has 1 saturated heterocycles. The molecule has 23 heavy (non-hydrogen) atoms. The van der Waals surface area contributed by atoms with Gasteiger partial charge in [0.05, 0.1) is 11.9 Å². The van der Waals surface area contributed by atoms with Crippen LogP contribution in [0.25, 0.3) is 0 Å². The van der Waals surface area contributed by atoms with Gasteiger partial charge in [0, 0.05) is 12.1 Å². The van der Waals surface area contributed by atoms with Gasteiger partial charge in [-0.15, -0.1) is 0 Å². The third-order valence-corrected chi connectivity index (χ3v) is 3.43. The lowest BCUT2D eigenvalue weighted by atomic mass is 10.1. The molecular formula is C14H19F3N4O2. The molecule has 0 radical (unpaired) electrons. The second-order valence-electron chi connectivity index (χ2n) is 5.46. The molecule has 0 bridgehead atoms. The average molecular weight is 332 g/mol. The highest BCUT2D eigenvalue weighted by Gasteiger charge is 2.28. The van der Waals surface area contributed by atoms with Crippen molar-refractivity contribution in [1.29, 1.82) is 0 Å². The number of piperidine rings is 1. The molecule has 1 aromatic rings. The van der Waals surface area contributed by atoms with Gasteiger partial charge in [-0.25, -0.2) is 9.78 Å². The summed E-state index contributed by atoms with van der Waals surface area (Å²) in [6.07, 6.45) is -1.40. The van der Waals surface area contributed by atoms with Crippen molar-refractivity contribution in [3.63, 3.8) is 0 Å². The van der Waals surface area contributed by atoms with Crippen molar-refractivity contribution in [3.8, 4) is 5.88 Å². The molecule has 0 spiro atoms. The number of carbonyl (C=O) groups excluding carboxylic acids is 1. The summed E-state index contributed by atoms with van der Waals surface area (Å²) >= 11 is 0. The zero-order chi connectivity index (χ0) is 16.9.